The van der Waals surface area contributed by atoms with Gasteiger partial charge in [0, 0.05) is 17.8 Å². The van der Waals surface area contributed by atoms with E-state index in [0.717, 1.165) is 5.69 Å². The van der Waals surface area contributed by atoms with Crippen molar-refractivity contribution in [3.8, 4) is 11.4 Å². The van der Waals surface area contributed by atoms with E-state index >= 15 is 0 Å². The van der Waals surface area contributed by atoms with Gasteiger partial charge in [0.05, 0.1) is 28.5 Å². The average molecular weight is 455 g/mol. The zero-order valence-electron chi connectivity index (χ0n) is 17.2. The highest BCUT2D eigenvalue weighted by atomic mass is 32.2. The van der Waals surface area contributed by atoms with E-state index in [1.165, 1.54) is 30.6 Å². The van der Waals surface area contributed by atoms with Crippen molar-refractivity contribution >= 4 is 26.8 Å². The van der Waals surface area contributed by atoms with Gasteiger partial charge in [-0.25, -0.2) is 4.68 Å². The van der Waals surface area contributed by atoms with Gasteiger partial charge in [-0.1, -0.05) is 48.5 Å². The van der Waals surface area contributed by atoms with Crippen molar-refractivity contribution in [1.29, 1.82) is 0 Å². The smallest absolute Gasteiger partial charge is 0.341 e. The number of rotatable bonds is 6. The third-order valence-corrected chi connectivity index (χ3v) is 6.33. The van der Waals surface area contributed by atoms with Gasteiger partial charge in [-0.05, 0) is 36.4 Å². The molecule has 5 rings (SSSR count). The fourth-order valence-corrected chi connectivity index (χ4v) is 4.61. The summed E-state index contributed by atoms with van der Waals surface area (Å²) in [6.07, 6.45) is 4.55. The van der Waals surface area contributed by atoms with Crippen LogP contribution in [-0.4, -0.2) is 29.0 Å². The van der Waals surface area contributed by atoms with Gasteiger partial charge < -0.3 is 4.18 Å². The zero-order valence-corrected chi connectivity index (χ0v) is 18.0. The van der Waals surface area contributed by atoms with Crippen LogP contribution in [0, 0.1) is 0 Å². The van der Waals surface area contributed by atoms with E-state index in [0.29, 0.717) is 16.5 Å². The molecule has 0 radical (unpaired) electrons. The number of carbonyl (C=O) groups is 1. The molecule has 0 aliphatic carbocycles. The molecule has 0 fully saturated rings. The molecule has 2 heterocycles. The van der Waals surface area contributed by atoms with Gasteiger partial charge in [0.15, 0.2) is 11.5 Å². The Kier molecular flexibility index (Phi) is 5.20. The minimum atomic E-state index is -4.25. The van der Waals surface area contributed by atoms with E-state index in [4.69, 9.17) is 4.18 Å². The molecule has 8 heteroatoms. The van der Waals surface area contributed by atoms with Crippen LogP contribution in [0.25, 0.3) is 16.6 Å². The molecule has 5 aromatic rings. The van der Waals surface area contributed by atoms with Gasteiger partial charge in [0.25, 0.3) is 0 Å². The van der Waals surface area contributed by atoms with Gasteiger partial charge in [0.2, 0.25) is 0 Å². The van der Waals surface area contributed by atoms with Crippen LogP contribution >= 0.6 is 0 Å². The summed E-state index contributed by atoms with van der Waals surface area (Å²) in [5.74, 6) is -0.470. The van der Waals surface area contributed by atoms with Gasteiger partial charge in [-0.3, -0.25) is 9.78 Å². The summed E-state index contributed by atoms with van der Waals surface area (Å²) in [5, 5.41) is 4.91. The van der Waals surface area contributed by atoms with Crippen LogP contribution in [0.1, 0.15) is 15.9 Å². The fourth-order valence-electron chi connectivity index (χ4n) is 3.49. The van der Waals surface area contributed by atoms with E-state index in [-0.39, 0.29) is 16.2 Å². The molecular weight excluding hydrogens is 438 g/mol. The summed E-state index contributed by atoms with van der Waals surface area (Å²) in [5.41, 5.74) is 1.51. The standard InChI is InChI=1S/C25H17N3O4S/c29-25(19-16-27-28(17-19)20-10-2-1-3-11-20)21-12-4-5-13-22(21)32-33(30,31)23-14-6-8-18-9-7-15-26-24(18)23/h1-17H. The van der Waals surface area contributed by atoms with E-state index < -0.39 is 15.9 Å². The number of ketones is 1. The van der Waals surface area contributed by atoms with Crippen LogP contribution in [0.3, 0.4) is 0 Å². The van der Waals surface area contributed by atoms with Crippen LogP contribution in [0.2, 0.25) is 0 Å². The van der Waals surface area contributed by atoms with E-state index in [1.807, 2.05) is 30.3 Å². The normalized spacial score (nSPS) is 11.4. The second-order valence-electron chi connectivity index (χ2n) is 7.20. The summed E-state index contributed by atoms with van der Waals surface area (Å²) in [4.78, 5) is 17.3. The molecule has 0 spiro atoms. The Morgan fingerprint density at radius 2 is 1.61 bits per heavy atom. The number of nitrogens with zero attached hydrogens (tertiary/aromatic N) is 3. The van der Waals surface area contributed by atoms with Crippen LogP contribution in [-0.2, 0) is 10.1 Å². The summed E-state index contributed by atoms with van der Waals surface area (Å²) in [6, 6.07) is 23.9. The SMILES string of the molecule is O=C(c1cnn(-c2ccccc2)c1)c1ccccc1OS(=O)(=O)c1cccc2cccnc12. The maximum absolute atomic E-state index is 13.2. The highest BCUT2D eigenvalue weighted by Crippen LogP contribution is 2.28. The van der Waals surface area contributed by atoms with Crippen LogP contribution in [0.15, 0.2) is 108 Å². The number of pyridine rings is 1. The van der Waals surface area contributed by atoms with Gasteiger partial charge >= 0.3 is 10.1 Å². The minimum absolute atomic E-state index is 0.0668. The first kappa shape index (κ1) is 20.6. The van der Waals surface area contributed by atoms with Gasteiger partial charge in [-0.2, -0.15) is 13.5 Å². The molecule has 0 aliphatic heterocycles. The Hall–Kier alpha value is -4.30. The molecule has 0 amide bonds. The first-order valence-electron chi connectivity index (χ1n) is 10.0. The third-order valence-electron chi connectivity index (χ3n) is 5.06. The average Bonchev–Trinajstić information content (AvgIpc) is 3.34. The molecular formula is C25H17N3O4S. The van der Waals surface area contributed by atoms with Crippen molar-refractivity contribution in [3.63, 3.8) is 0 Å². The van der Waals surface area contributed by atoms with Crippen LogP contribution < -0.4 is 4.18 Å². The molecule has 0 atom stereocenters. The number of hydrogen-bond donors (Lipinski definition) is 0. The number of carbonyl (C=O) groups excluding carboxylic acids is 1. The molecule has 162 valence electrons. The number of aromatic nitrogens is 3. The summed E-state index contributed by atoms with van der Waals surface area (Å²) in [7, 11) is -4.25. The van der Waals surface area contributed by atoms with Crippen molar-refractivity contribution < 1.29 is 17.4 Å². The maximum Gasteiger partial charge on any atom is 0.341 e. The number of fused-ring (bicyclic) bond motifs is 1. The number of benzene rings is 3. The second-order valence-corrected chi connectivity index (χ2v) is 8.72. The van der Waals surface area contributed by atoms with Crippen LogP contribution in [0.5, 0.6) is 5.75 Å². The molecule has 33 heavy (non-hydrogen) atoms. The number of hydrogen-bond acceptors (Lipinski definition) is 6. The molecule has 0 saturated carbocycles. The molecule has 0 bridgehead atoms. The zero-order chi connectivity index (χ0) is 22.8. The predicted molar refractivity (Wildman–Crippen MR) is 123 cm³/mol. The fraction of sp³-hybridized carbons (Fsp3) is 0. The first-order valence-corrected chi connectivity index (χ1v) is 11.5. The monoisotopic (exact) mass is 455 g/mol. The predicted octanol–water partition coefficient (Wildman–Crippen LogP) is 4.42. The lowest BCUT2D eigenvalue weighted by Gasteiger charge is -2.11. The maximum atomic E-state index is 13.2. The van der Waals surface area contributed by atoms with Gasteiger partial charge in [-0.15, -0.1) is 0 Å². The van der Waals surface area contributed by atoms with Gasteiger partial charge in [0.1, 0.15) is 4.90 Å². The molecule has 2 aromatic heterocycles. The third kappa shape index (κ3) is 3.99. The highest BCUT2D eigenvalue weighted by molar-refractivity contribution is 7.87. The van der Waals surface area contributed by atoms with E-state index in [2.05, 4.69) is 10.1 Å². The second kappa shape index (κ2) is 8.33. The van der Waals surface area contributed by atoms with Crippen molar-refractivity contribution in [1.82, 2.24) is 14.8 Å². The Bertz CT molecular complexity index is 1570. The molecule has 7 nitrogen and oxygen atoms in total. The summed E-state index contributed by atoms with van der Waals surface area (Å²) < 4.78 is 33.3. The first-order chi connectivity index (χ1) is 16.0. The van der Waals surface area contributed by atoms with Crippen molar-refractivity contribution in [3.05, 3.63) is 115 Å². The summed E-state index contributed by atoms with van der Waals surface area (Å²) >= 11 is 0. The largest absolute Gasteiger partial charge is 0.378 e. The lowest BCUT2D eigenvalue weighted by atomic mass is 10.1. The molecule has 0 N–H and O–H groups in total. The Labute approximate surface area is 190 Å². The molecule has 0 aliphatic rings. The molecule has 0 saturated heterocycles. The quantitative estimate of drug-likeness (QED) is 0.278. The lowest BCUT2D eigenvalue weighted by Crippen LogP contribution is -2.13. The van der Waals surface area contributed by atoms with E-state index in [1.54, 1.807) is 47.3 Å². The van der Waals surface area contributed by atoms with Crippen molar-refractivity contribution in [2.75, 3.05) is 0 Å². The van der Waals surface area contributed by atoms with E-state index in [9.17, 15) is 13.2 Å². The molecule has 0 unspecified atom stereocenters. The topological polar surface area (TPSA) is 91.2 Å². The highest BCUT2D eigenvalue weighted by Gasteiger charge is 2.24. The lowest BCUT2D eigenvalue weighted by molar-refractivity contribution is 0.103. The van der Waals surface area contributed by atoms with Crippen LogP contribution in [0.4, 0.5) is 0 Å². The Morgan fingerprint density at radius 3 is 2.45 bits per heavy atom. The van der Waals surface area contributed by atoms with Crippen molar-refractivity contribution in [2.24, 2.45) is 0 Å². The number of para-hydroxylation sites is 3. The molecule has 3 aromatic carbocycles. The summed E-state index contributed by atoms with van der Waals surface area (Å²) in [6.45, 7) is 0. The Morgan fingerprint density at radius 1 is 0.848 bits per heavy atom. The minimum Gasteiger partial charge on any atom is -0.378 e. The van der Waals surface area contributed by atoms with Crippen molar-refractivity contribution in [2.45, 2.75) is 4.90 Å². The Balaban J connectivity index is 1.50.